The van der Waals surface area contributed by atoms with E-state index < -0.39 is 5.97 Å². The van der Waals surface area contributed by atoms with Crippen molar-refractivity contribution in [1.82, 2.24) is 0 Å². The maximum atomic E-state index is 11.7. The van der Waals surface area contributed by atoms with Crippen LogP contribution in [0.3, 0.4) is 0 Å². The van der Waals surface area contributed by atoms with E-state index in [0.717, 1.165) is 12.0 Å². The van der Waals surface area contributed by atoms with E-state index in [4.69, 9.17) is 5.11 Å². The number of carbonyl (C=O) groups excluding carboxylic acids is 1. The van der Waals surface area contributed by atoms with Gasteiger partial charge in [-0.05, 0) is 29.5 Å². The molecule has 0 atom stereocenters. The molecule has 2 N–H and O–H groups in total. The number of nitrogens with one attached hydrogen (secondary N) is 1. The Morgan fingerprint density at radius 2 is 1.74 bits per heavy atom. The van der Waals surface area contributed by atoms with Crippen LogP contribution in [0.1, 0.15) is 39.2 Å². The van der Waals surface area contributed by atoms with Gasteiger partial charge in [-0.3, -0.25) is 9.59 Å². The van der Waals surface area contributed by atoms with E-state index in [9.17, 15) is 9.59 Å². The van der Waals surface area contributed by atoms with Gasteiger partial charge in [0.25, 0.3) is 0 Å². The molecule has 0 heterocycles. The molecular formula is C15H21NO3. The Bertz CT molecular complexity index is 443. The number of aliphatic carboxylic acids is 1. The van der Waals surface area contributed by atoms with E-state index in [0.29, 0.717) is 12.1 Å². The van der Waals surface area contributed by atoms with Gasteiger partial charge in [0, 0.05) is 12.1 Å². The first-order chi connectivity index (χ1) is 8.76. The van der Waals surface area contributed by atoms with Gasteiger partial charge in [0.2, 0.25) is 5.91 Å². The van der Waals surface area contributed by atoms with Gasteiger partial charge in [-0.15, -0.1) is 0 Å². The molecule has 1 amide bonds. The Morgan fingerprint density at radius 3 is 2.21 bits per heavy atom. The van der Waals surface area contributed by atoms with E-state index in [1.165, 1.54) is 0 Å². The number of hydrogen-bond donors (Lipinski definition) is 2. The number of amides is 1. The van der Waals surface area contributed by atoms with Crippen molar-refractivity contribution < 1.29 is 14.7 Å². The molecule has 1 aromatic carbocycles. The maximum absolute atomic E-state index is 11.7. The van der Waals surface area contributed by atoms with Crippen LogP contribution in [0.5, 0.6) is 0 Å². The molecule has 19 heavy (non-hydrogen) atoms. The highest BCUT2D eigenvalue weighted by Crippen LogP contribution is 2.21. The Hall–Kier alpha value is -1.84. The minimum Gasteiger partial charge on any atom is -0.481 e. The Kier molecular flexibility index (Phi) is 5.10. The van der Waals surface area contributed by atoms with Crippen LogP contribution < -0.4 is 5.32 Å². The van der Waals surface area contributed by atoms with Crippen molar-refractivity contribution in [2.24, 2.45) is 5.41 Å². The van der Waals surface area contributed by atoms with Crippen LogP contribution in [-0.4, -0.2) is 17.0 Å². The topological polar surface area (TPSA) is 66.4 Å². The van der Waals surface area contributed by atoms with E-state index >= 15 is 0 Å². The third-order valence-corrected chi connectivity index (χ3v) is 2.70. The largest absolute Gasteiger partial charge is 0.481 e. The molecule has 1 rings (SSSR count). The summed E-state index contributed by atoms with van der Waals surface area (Å²) >= 11 is 0. The van der Waals surface area contributed by atoms with Crippen LogP contribution in [0.25, 0.3) is 0 Å². The highest BCUT2D eigenvalue weighted by atomic mass is 16.4. The summed E-state index contributed by atoms with van der Waals surface area (Å²) < 4.78 is 0. The second-order valence-corrected chi connectivity index (χ2v) is 5.88. The van der Waals surface area contributed by atoms with Crippen molar-refractivity contribution in [3.8, 4) is 0 Å². The minimum absolute atomic E-state index is 0.00174. The summed E-state index contributed by atoms with van der Waals surface area (Å²) in [7, 11) is 0. The average Bonchev–Trinajstić information content (AvgIpc) is 2.28. The van der Waals surface area contributed by atoms with E-state index in [1.807, 2.05) is 0 Å². The first-order valence-electron chi connectivity index (χ1n) is 6.37. The van der Waals surface area contributed by atoms with Crippen molar-refractivity contribution in [2.45, 2.75) is 40.0 Å². The molecule has 0 radical (unpaired) electrons. The lowest BCUT2D eigenvalue weighted by atomic mass is 9.90. The van der Waals surface area contributed by atoms with Gasteiger partial charge in [-0.1, -0.05) is 32.9 Å². The number of carbonyl (C=O) groups is 2. The molecule has 0 saturated carbocycles. The highest BCUT2D eigenvalue weighted by molar-refractivity contribution is 5.90. The summed E-state index contributed by atoms with van der Waals surface area (Å²) in [5.41, 5.74) is 1.57. The average molecular weight is 263 g/mol. The Morgan fingerprint density at radius 1 is 1.16 bits per heavy atom. The molecule has 0 aliphatic carbocycles. The molecule has 4 nitrogen and oxygen atoms in total. The van der Waals surface area contributed by atoms with E-state index in [2.05, 4.69) is 26.1 Å². The van der Waals surface area contributed by atoms with Crippen LogP contribution in [0, 0.1) is 5.41 Å². The first kappa shape index (κ1) is 15.2. The summed E-state index contributed by atoms with van der Waals surface area (Å²) in [5.74, 6) is -0.872. The predicted octanol–water partition coefficient (Wildman–Crippen LogP) is 3.08. The molecule has 0 aliphatic heterocycles. The van der Waals surface area contributed by atoms with Crippen molar-refractivity contribution in [2.75, 3.05) is 5.32 Å². The van der Waals surface area contributed by atoms with Crippen molar-refractivity contribution in [3.63, 3.8) is 0 Å². The first-order valence-corrected chi connectivity index (χ1v) is 6.37. The van der Waals surface area contributed by atoms with Crippen LogP contribution in [0.15, 0.2) is 24.3 Å². The zero-order valence-electron chi connectivity index (χ0n) is 11.7. The molecule has 0 spiro atoms. The second-order valence-electron chi connectivity index (χ2n) is 5.88. The number of carboxylic acid groups (broad SMARTS) is 1. The lowest BCUT2D eigenvalue weighted by Gasteiger charge is -2.17. The summed E-state index contributed by atoms with van der Waals surface area (Å²) in [4.78, 5) is 22.3. The molecule has 0 saturated heterocycles. The predicted molar refractivity (Wildman–Crippen MR) is 75.1 cm³/mol. The summed E-state index contributed by atoms with van der Waals surface area (Å²) in [6, 6.07) is 6.89. The lowest BCUT2D eigenvalue weighted by molar-refractivity contribution is -0.136. The van der Waals surface area contributed by atoms with Gasteiger partial charge in [0.1, 0.15) is 0 Å². The van der Waals surface area contributed by atoms with Crippen molar-refractivity contribution in [3.05, 3.63) is 29.8 Å². The van der Waals surface area contributed by atoms with Crippen molar-refractivity contribution in [1.29, 1.82) is 0 Å². The number of anilines is 1. The Balaban J connectivity index is 2.49. The van der Waals surface area contributed by atoms with Crippen LogP contribution >= 0.6 is 0 Å². The van der Waals surface area contributed by atoms with Gasteiger partial charge in [0.05, 0.1) is 6.42 Å². The summed E-state index contributed by atoms with van der Waals surface area (Å²) in [6.07, 6.45) is 1.31. The zero-order chi connectivity index (χ0) is 14.5. The normalized spacial score (nSPS) is 11.1. The monoisotopic (exact) mass is 263 g/mol. The zero-order valence-corrected chi connectivity index (χ0v) is 11.7. The second kappa shape index (κ2) is 6.36. The van der Waals surface area contributed by atoms with Crippen LogP contribution in [0.4, 0.5) is 5.69 Å². The summed E-state index contributed by atoms with van der Waals surface area (Å²) in [6.45, 7) is 6.29. The van der Waals surface area contributed by atoms with Gasteiger partial charge in [-0.2, -0.15) is 0 Å². The number of rotatable bonds is 5. The fourth-order valence-corrected chi connectivity index (χ4v) is 1.59. The van der Waals surface area contributed by atoms with Crippen molar-refractivity contribution >= 4 is 17.6 Å². The minimum atomic E-state index is -0.859. The number of carboxylic acids is 1. The third-order valence-electron chi connectivity index (χ3n) is 2.70. The standard InChI is InChI=1S/C15H21NO3/c1-15(2,3)9-8-13(17)16-12-6-4-11(5-7-12)10-14(18)19/h4-7H,8-10H2,1-3H3,(H,16,17)(H,18,19). The maximum Gasteiger partial charge on any atom is 0.307 e. The van der Waals surface area contributed by atoms with Gasteiger partial charge in [0.15, 0.2) is 0 Å². The number of hydrogen-bond acceptors (Lipinski definition) is 2. The summed E-state index contributed by atoms with van der Waals surface area (Å²) in [5, 5.41) is 11.5. The molecule has 0 unspecified atom stereocenters. The lowest BCUT2D eigenvalue weighted by Crippen LogP contribution is -2.15. The fraction of sp³-hybridized carbons (Fsp3) is 0.467. The Labute approximate surface area is 113 Å². The molecule has 4 heteroatoms. The fourth-order valence-electron chi connectivity index (χ4n) is 1.59. The third kappa shape index (κ3) is 6.60. The van der Waals surface area contributed by atoms with Gasteiger partial charge < -0.3 is 10.4 Å². The van der Waals surface area contributed by atoms with Gasteiger partial charge in [-0.25, -0.2) is 0 Å². The SMILES string of the molecule is CC(C)(C)CCC(=O)Nc1ccc(CC(=O)O)cc1. The van der Waals surface area contributed by atoms with E-state index in [1.54, 1.807) is 24.3 Å². The smallest absolute Gasteiger partial charge is 0.307 e. The van der Waals surface area contributed by atoms with Crippen LogP contribution in [0.2, 0.25) is 0 Å². The molecule has 0 fully saturated rings. The molecule has 0 bridgehead atoms. The quantitative estimate of drug-likeness (QED) is 0.858. The molecule has 104 valence electrons. The molecule has 1 aromatic rings. The highest BCUT2D eigenvalue weighted by Gasteiger charge is 2.12. The molecule has 0 aliphatic rings. The van der Waals surface area contributed by atoms with E-state index in [-0.39, 0.29) is 17.7 Å². The molecule has 0 aromatic heterocycles. The molecular weight excluding hydrogens is 242 g/mol. The van der Waals surface area contributed by atoms with Crippen LogP contribution in [-0.2, 0) is 16.0 Å². The van der Waals surface area contributed by atoms with Gasteiger partial charge >= 0.3 is 5.97 Å². The number of benzene rings is 1.